The molecule has 0 aliphatic rings. The third kappa shape index (κ3) is 10.2. The molecule has 0 aliphatic heterocycles. The number of benzene rings is 1. The van der Waals surface area contributed by atoms with Crippen molar-refractivity contribution in [3.63, 3.8) is 0 Å². The third-order valence-electron chi connectivity index (χ3n) is 3.92. The number of carboxylic acid groups (broad SMARTS) is 1. The SMILES string of the molecule is O=C(O)/C=C/c1ccc(OCCCCO)c(OCCCCO)c1OCCCCO. The molecule has 0 amide bonds. The first-order valence-electron chi connectivity index (χ1n) is 9.93. The highest BCUT2D eigenvalue weighted by Gasteiger charge is 2.17. The first kappa shape index (κ1) is 24.7. The maximum atomic E-state index is 10.9. The van der Waals surface area contributed by atoms with Gasteiger partial charge in [-0.25, -0.2) is 4.79 Å². The zero-order valence-electron chi connectivity index (χ0n) is 16.7. The summed E-state index contributed by atoms with van der Waals surface area (Å²) in [5, 5.41) is 35.8. The van der Waals surface area contributed by atoms with Crippen LogP contribution in [0.3, 0.4) is 0 Å². The van der Waals surface area contributed by atoms with Crippen molar-refractivity contribution in [1.82, 2.24) is 0 Å². The van der Waals surface area contributed by atoms with Crippen LogP contribution in [0.2, 0.25) is 0 Å². The maximum Gasteiger partial charge on any atom is 0.328 e. The number of carboxylic acids is 1. The molecule has 0 aromatic heterocycles. The van der Waals surface area contributed by atoms with Crippen LogP contribution >= 0.6 is 0 Å². The van der Waals surface area contributed by atoms with E-state index in [0.29, 0.717) is 81.2 Å². The smallest absolute Gasteiger partial charge is 0.328 e. The van der Waals surface area contributed by atoms with Crippen molar-refractivity contribution in [2.24, 2.45) is 0 Å². The number of aliphatic carboxylic acids is 1. The second-order valence-electron chi connectivity index (χ2n) is 6.32. The minimum absolute atomic E-state index is 0.0632. The van der Waals surface area contributed by atoms with Gasteiger partial charge < -0.3 is 34.6 Å². The summed E-state index contributed by atoms with van der Waals surface area (Å²) in [6.07, 6.45) is 6.20. The molecule has 0 saturated heterocycles. The number of hydrogen-bond acceptors (Lipinski definition) is 7. The quantitative estimate of drug-likeness (QED) is 0.227. The molecule has 0 aliphatic carbocycles. The van der Waals surface area contributed by atoms with Gasteiger partial charge in [-0.2, -0.15) is 0 Å². The lowest BCUT2D eigenvalue weighted by Gasteiger charge is -2.19. The van der Waals surface area contributed by atoms with Gasteiger partial charge in [0.15, 0.2) is 11.5 Å². The molecule has 0 heterocycles. The van der Waals surface area contributed by atoms with E-state index in [4.69, 9.17) is 34.6 Å². The van der Waals surface area contributed by atoms with Crippen LogP contribution in [0.4, 0.5) is 0 Å². The zero-order chi connectivity index (χ0) is 21.3. The van der Waals surface area contributed by atoms with Gasteiger partial charge in [0.2, 0.25) is 5.75 Å². The van der Waals surface area contributed by atoms with Crippen LogP contribution in [-0.2, 0) is 4.79 Å². The highest BCUT2D eigenvalue weighted by Crippen LogP contribution is 2.41. The number of rotatable bonds is 17. The Bertz CT molecular complexity index is 615. The monoisotopic (exact) mass is 412 g/mol. The second kappa shape index (κ2) is 15.6. The van der Waals surface area contributed by atoms with Crippen LogP contribution in [0.15, 0.2) is 18.2 Å². The van der Waals surface area contributed by atoms with Crippen molar-refractivity contribution in [1.29, 1.82) is 0 Å². The lowest BCUT2D eigenvalue weighted by atomic mass is 10.1. The van der Waals surface area contributed by atoms with Crippen molar-refractivity contribution in [3.05, 3.63) is 23.8 Å². The van der Waals surface area contributed by atoms with E-state index in [2.05, 4.69) is 0 Å². The Hall–Kier alpha value is -2.29. The fraction of sp³-hybridized carbons (Fsp3) is 0.571. The summed E-state index contributed by atoms with van der Waals surface area (Å²) in [4.78, 5) is 10.9. The van der Waals surface area contributed by atoms with E-state index in [9.17, 15) is 4.79 Å². The standard InChI is InChI=1S/C21H32O8/c22-11-1-4-14-27-18-9-7-17(8-10-19(25)26)20(28-15-5-2-12-23)21(18)29-16-6-3-13-24/h7-10,22-24H,1-6,11-16H2,(H,25,26)/b10-8+. The number of unbranched alkanes of at least 4 members (excludes halogenated alkanes) is 3. The molecule has 0 fully saturated rings. The van der Waals surface area contributed by atoms with Gasteiger partial charge in [0.1, 0.15) is 0 Å². The summed E-state index contributed by atoms with van der Waals surface area (Å²) in [7, 11) is 0. The van der Waals surface area contributed by atoms with E-state index in [1.54, 1.807) is 12.1 Å². The molecule has 29 heavy (non-hydrogen) atoms. The molecule has 4 N–H and O–H groups in total. The Morgan fingerprint density at radius 1 is 0.759 bits per heavy atom. The van der Waals surface area contributed by atoms with Crippen molar-refractivity contribution < 1.29 is 39.4 Å². The second-order valence-corrected chi connectivity index (χ2v) is 6.32. The summed E-state index contributed by atoms with van der Waals surface area (Å²) < 4.78 is 17.6. The highest BCUT2D eigenvalue weighted by atomic mass is 16.5. The predicted molar refractivity (Wildman–Crippen MR) is 109 cm³/mol. The zero-order valence-corrected chi connectivity index (χ0v) is 16.7. The number of aliphatic hydroxyl groups is 3. The van der Waals surface area contributed by atoms with Crippen molar-refractivity contribution >= 4 is 12.0 Å². The number of ether oxygens (including phenoxy) is 3. The van der Waals surface area contributed by atoms with Crippen LogP contribution in [0, 0.1) is 0 Å². The largest absolute Gasteiger partial charge is 0.490 e. The van der Waals surface area contributed by atoms with Crippen molar-refractivity contribution in [3.8, 4) is 17.2 Å². The molecular weight excluding hydrogens is 380 g/mol. The van der Waals surface area contributed by atoms with E-state index < -0.39 is 5.97 Å². The molecule has 1 aromatic carbocycles. The van der Waals surface area contributed by atoms with Crippen molar-refractivity contribution in [2.75, 3.05) is 39.6 Å². The fourth-order valence-corrected chi connectivity index (χ4v) is 2.42. The molecule has 1 rings (SSSR count). The fourth-order valence-electron chi connectivity index (χ4n) is 2.42. The molecule has 0 atom stereocenters. The normalized spacial score (nSPS) is 11.0. The molecule has 0 bridgehead atoms. The Morgan fingerprint density at radius 2 is 1.28 bits per heavy atom. The van der Waals surface area contributed by atoms with Crippen LogP contribution in [-0.4, -0.2) is 66.0 Å². The van der Waals surface area contributed by atoms with E-state index >= 15 is 0 Å². The summed E-state index contributed by atoms with van der Waals surface area (Å²) in [6.45, 7) is 1.28. The lowest BCUT2D eigenvalue weighted by molar-refractivity contribution is -0.131. The molecule has 0 unspecified atom stereocenters. The molecule has 1 aromatic rings. The molecule has 0 spiro atoms. The molecule has 8 nitrogen and oxygen atoms in total. The topological polar surface area (TPSA) is 126 Å². The Labute approximate surface area is 171 Å². The average molecular weight is 412 g/mol. The first-order chi connectivity index (χ1) is 14.1. The Balaban J connectivity index is 3.11. The van der Waals surface area contributed by atoms with E-state index in [1.165, 1.54) is 6.08 Å². The van der Waals surface area contributed by atoms with Gasteiger partial charge in [0, 0.05) is 31.5 Å². The van der Waals surface area contributed by atoms with Gasteiger partial charge in [-0.1, -0.05) is 0 Å². The molecule has 164 valence electrons. The lowest BCUT2D eigenvalue weighted by Crippen LogP contribution is -2.08. The van der Waals surface area contributed by atoms with E-state index in [-0.39, 0.29) is 19.8 Å². The summed E-state index contributed by atoms with van der Waals surface area (Å²) in [6, 6.07) is 3.39. The summed E-state index contributed by atoms with van der Waals surface area (Å²) in [5.41, 5.74) is 0.538. The van der Waals surface area contributed by atoms with Crippen LogP contribution in [0.1, 0.15) is 44.1 Å². The highest BCUT2D eigenvalue weighted by molar-refractivity contribution is 5.86. The Morgan fingerprint density at radius 3 is 1.79 bits per heavy atom. The molecule has 8 heteroatoms. The number of carbonyl (C=O) groups is 1. The van der Waals surface area contributed by atoms with E-state index in [1.807, 2.05) is 0 Å². The van der Waals surface area contributed by atoms with Crippen LogP contribution < -0.4 is 14.2 Å². The number of hydrogen-bond donors (Lipinski definition) is 4. The number of aliphatic hydroxyl groups excluding tert-OH is 3. The van der Waals surface area contributed by atoms with Gasteiger partial charge in [-0.05, 0) is 56.7 Å². The minimum Gasteiger partial charge on any atom is -0.490 e. The van der Waals surface area contributed by atoms with Gasteiger partial charge >= 0.3 is 5.97 Å². The van der Waals surface area contributed by atoms with Crippen LogP contribution in [0.5, 0.6) is 17.2 Å². The molecule has 0 saturated carbocycles. The molecular formula is C21H32O8. The van der Waals surface area contributed by atoms with Gasteiger partial charge in [-0.3, -0.25) is 0 Å². The predicted octanol–water partition coefficient (Wildman–Crippen LogP) is 2.24. The van der Waals surface area contributed by atoms with Crippen molar-refractivity contribution in [2.45, 2.75) is 38.5 Å². The van der Waals surface area contributed by atoms with Crippen LogP contribution in [0.25, 0.3) is 6.08 Å². The summed E-state index contributed by atoms with van der Waals surface area (Å²) in [5.74, 6) is 0.148. The maximum absolute atomic E-state index is 10.9. The van der Waals surface area contributed by atoms with Gasteiger partial charge in [-0.15, -0.1) is 0 Å². The van der Waals surface area contributed by atoms with Gasteiger partial charge in [0.05, 0.1) is 19.8 Å². The minimum atomic E-state index is -1.08. The Kier molecular flexibility index (Phi) is 13.3. The van der Waals surface area contributed by atoms with Gasteiger partial charge in [0.25, 0.3) is 0 Å². The average Bonchev–Trinajstić information content (AvgIpc) is 2.71. The van der Waals surface area contributed by atoms with E-state index in [0.717, 1.165) is 6.08 Å². The third-order valence-corrected chi connectivity index (χ3v) is 3.92. The summed E-state index contributed by atoms with van der Waals surface area (Å²) >= 11 is 0. The first-order valence-corrected chi connectivity index (χ1v) is 9.93. The molecule has 0 radical (unpaired) electrons.